The molecule has 1 aliphatic rings. The number of nitro groups is 1. The molecule has 20 heavy (non-hydrogen) atoms. The van der Waals surface area contributed by atoms with Crippen LogP contribution in [0.15, 0.2) is 24.3 Å². The standard InChI is InChI=1S/C7H5NO4.C7H14O/c9-7(10)5-1-3-6(4-2-5)8(11)12;1-6-2-4-7(8)5-3-6/h1-4H,(H,9,10);6-8H,2-5H2,1H3. The van der Waals surface area contributed by atoms with Gasteiger partial charge in [-0.25, -0.2) is 4.79 Å². The Morgan fingerprint density at radius 3 is 2.05 bits per heavy atom. The fourth-order valence-corrected chi connectivity index (χ4v) is 1.97. The van der Waals surface area contributed by atoms with Crippen LogP contribution < -0.4 is 0 Å². The van der Waals surface area contributed by atoms with Crippen LogP contribution >= 0.6 is 0 Å². The van der Waals surface area contributed by atoms with Crippen molar-refractivity contribution in [3.8, 4) is 0 Å². The Balaban J connectivity index is 0.000000217. The van der Waals surface area contributed by atoms with Gasteiger partial charge in [0.1, 0.15) is 0 Å². The van der Waals surface area contributed by atoms with Crippen LogP contribution in [0.3, 0.4) is 0 Å². The minimum Gasteiger partial charge on any atom is -0.478 e. The molecule has 1 aromatic rings. The number of hydrogen-bond donors (Lipinski definition) is 2. The summed E-state index contributed by atoms with van der Waals surface area (Å²) in [6.45, 7) is 2.26. The Bertz CT molecular complexity index is 406. The number of carboxylic acid groups (broad SMARTS) is 1. The van der Waals surface area contributed by atoms with Gasteiger partial charge in [0.05, 0.1) is 16.6 Å². The number of aliphatic hydroxyl groups excluding tert-OH is 1. The number of nitro benzene ring substituents is 1. The molecule has 6 heteroatoms. The maximum Gasteiger partial charge on any atom is 0.335 e. The summed E-state index contributed by atoms with van der Waals surface area (Å²) in [5.41, 5.74) is -0.0689. The maximum atomic E-state index is 10.3. The van der Waals surface area contributed by atoms with Crippen molar-refractivity contribution < 1.29 is 19.9 Å². The van der Waals surface area contributed by atoms with Gasteiger partial charge in [-0.05, 0) is 43.7 Å². The van der Waals surface area contributed by atoms with Crippen LogP contribution in [-0.2, 0) is 0 Å². The van der Waals surface area contributed by atoms with Gasteiger partial charge in [-0.2, -0.15) is 0 Å². The van der Waals surface area contributed by atoms with E-state index in [1.807, 2.05) is 0 Å². The van der Waals surface area contributed by atoms with Crippen molar-refractivity contribution in [2.75, 3.05) is 0 Å². The minimum atomic E-state index is -1.09. The third-order valence-electron chi connectivity index (χ3n) is 3.31. The largest absolute Gasteiger partial charge is 0.478 e. The van der Waals surface area contributed by atoms with Crippen molar-refractivity contribution in [2.24, 2.45) is 5.92 Å². The molecule has 2 N–H and O–H groups in total. The van der Waals surface area contributed by atoms with Crippen molar-refractivity contribution >= 4 is 11.7 Å². The Labute approximate surface area is 117 Å². The molecule has 1 aromatic carbocycles. The molecule has 0 heterocycles. The maximum absolute atomic E-state index is 10.3. The molecule has 0 unspecified atom stereocenters. The van der Waals surface area contributed by atoms with Crippen molar-refractivity contribution in [3.05, 3.63) is 39.9 Å². The first-order valence-electron chi connectivity index (χ1n) is 6.56. The van der Waals surface area contributed by atoms with E-state index in [4.69, 9.17) is 10.2 Å². The molecule has 0 saturated heterocycles. The van der Waals surface area contributed by atoms with Crippen LogP contribution in [-0.4, -0.2) is 27.2 Å². The lowest BCUT2D eigenvalue weighted by atomic mass is 9.89. The second kappa shape index (κ2) is 7.59. The minimum absolute atomic E-state index is 0.0196. The number of carboxylic acids is 1. The topological polar surface area (TPSA) is 101 Å². The summed E-state index contributed by atoms with van der Waals surface area (Å²) in [5, 5.41) is 27.6. The summed E-state index contributed by atoms with van der Waals surface area (Å²) in [4.78, 5) is 19.9. The summed E-state index contributed by atoms with van der Waals surface area (Å²) >= 11 is 0. The lowest BCUT2D eigenvalue weighted by molar-refractivity contribution is -0.384. The molecule has 1 saturated carbocycles. The van der Waals surface area contributed by atoms with Gasteiger partial charge in [0.25, 0.3) is 5.69 Å². The Kier molecular flexibility index (Phi) is 6.11. The predicted octanol–water partition coefficient (Wildman–Crippen LogP) is 2.85. The van der Waals surface area contributed by atoms with Gasteiger partial charge in [-0.3, -0.25) is 10.1 Å². The highest BCUT2D eigenvalue weighted by Crippen LogP contribution is 2.22. The third-order valence-corrected chi connectivity index (χ3v) is 3.31. The third kappa shape index (κ3) is 5.36. The molecule has 2 rings (SSSR count). The average Bonchev–Trinajstić information content (AvgIpc) is 2.43. The average molecular weight is 281 g/mol. The number of nitrogens with zero attached hydrogens (tertiary/aromatic N) is 1. The first-order chi connectivity index (χ1) is 9.40. The zero-order valence-electron chi connectivity index (χ0n) is 11.4. The molecule has 0 aromatic heterocycles. The molecule has 0 amide bonds. The van der Waals surface area contributed by atoms with E-state index in [0.717, 1.165) is 30.9 Å². The van der Waals surface area contributed by atoms with E-state index in [0.29, 0.717) is 0 Å². The highest BCUT2D eigenvalue weighted by atomic mass is 16.6. The molecular weight excluding hydrogens is 262 g/mol. The van der Waals surface area contributed by atoms with E-state index in [1.165, 1.54) is 25.0 Å². The van der Waals surface area contributed by atoms with Crippen LogP contribution in [0.5, 0.6) is 0 Å². The van der Waals surface area contributed by atoms with E-state index >= 15 is 0 Å². The van der Waals surface area contributed by atoms with E-state index in [9.17, 15) is 14.9 Å². The van der Waals surface area contributed by atoms with Gasteiger partial charge in [-0.15, -0.1) is 0 Å². The van der Waals surface area contributed by atoms with Crippen molar-refractivity contribution in [2.45, 2.75) is 38.7 Å². The summed E-state index contributed by atoms with van der Waals surface area (Å²) in [6, 6.07) is 4.70. The molecule has 0 bridgehead atoms. The van der Waals surface area contributed by atoms with Crippen molar-refractivity contribution in [1.82, 2.24) is 0 Å². The van der Waals surface area contributed by atoms with E-state index in [-0.39, 0.29) is 17.4 Å². The van der Waals surface area contributed by atoms with Crippen LogP contribution in [0.1, 0.15) is 43.0 Å². The number of non-ortho nitro benzene ring substituents is 1. The van der Waals surface area contributed by atoms with Crippen LogP contribution in [0, 0.1) is 16.0 Å². The van der Waals surface area contributed by atoms with Crippen molar-refractivity contribution in [1.29, 1.82) is 0 Å². The highest BCUT2D eigenvalue weighted by molar-refractivity contribution is 5.87. The zero-order valence-corrected chi connectivity index (χ0v) is 11.4. The van der Waals surface area contributed by atoms with Gasteiger partial charge in [-0.1, -0.05) is 6.92 Å². The van der Waals surface area contributed by atoms with Gasteiger partial charge in [0.15, 0.2) is 0 Å². The summed E-state index contributed by atoms with van der Waals surface area (Å²) in [6.07, 6.45) is 4.52. The number of aromatic carboxylic acids is 1. The quantitative estimate of drug-likeness (QED) is 0.641. The summed E-state index contributed by atoms with van der Waals surface area (Å²) < 4.78 is 0. The highest BCUT2D eigenvalue weighted by Gasteiger charge is 2.14. The van der Waals surface area contributed by atoms with Crippen LogP contribution in [0.2, 0.25) is 0 Å². The lowest BCUT2D eigenvalue weighted by Crippen LogP contribution is -2.15. The number of carbonyl (C=O) groups is 1. The lowest BCUT2D eigenvalue weighted by Gasteiger charge is -2.21. The number of hydrogen-bond acceptors (Lipinski definition) is 4. The molecular formula is C14H19NO5. The number of benzene rings is 1. The van der Waals surface area contributed by atoms with Crippen molar-refractivity contribution in [3.63, 3.8) is 0 Å². The van der Waals surface area contributed by atoms with Crippen LogP contribution in [0.25, 0.3) is 0 Å². The summed E-state index contributed by atoms with van der Waals surface area (Å²) in [5.74, 6) is -0.233. The zero-order chi connectivity index (χ0) is 15.1. The molecule has 1 aliphatic carbocycles. The SMILES string of the molecule is CC1CCC(O)CC1.O=C(O)c1ccc([N+](=O)[O-])cc1. The molecule has 0 radical (unpaired) electrons. The van der Waals surface area contributed by atoms with E-state index in [2.05, 4.69) is 6.92 Å². The molecule has 0 atom stereocenters. The van der Waals surface area contributed by atoms with Crippen LogP contribution in [0.4, 0.5) is 5.69 Å². The summed E-state index contributed by atoms with van der Waals surface area (Å²) in [7, 11) is 0. The number of rotatable bonds is 2. The normalized spacial score (nSPS) is 21.5. The van der Waals surface area contributed by atoms with E-state index < -0.39 is 10.9 Å². The van der Waals surface area contributed by atoms with Gasteiger partial charge < -0.3 is 10.2 Å². The second-order valence-electron chi connectivity index (χ2n) is 5.02. The fourth-order valence-electron chi connectivity index (χ4n) is 1.97. The molecule has 110 valence electrons. The Morgan fingerprint density at radius 1 is 1.20 bits per heavy atom. The smallest absolute Gasteiger partial charge is 0.335 e. The molecule has 1 fully saturated rings. The molecule has 0 aliphatic heterocycles. The predicted molar refractivity (Wildman–Crippen MR) is 73.7 cm³/mol. The van der Waals surface area contributed by atoms with Gasteiger partial charge in [0, 0.05) is 12.1 Å². The first-order valence-corrected chi connectivity index (χ1v) is 6.56. The Hall–Kier alpha value is -1.95. The van der Waals surface area contributed by atoms with Gasteiger partial charge >= 0.3 is 5.97 Å². The van der Waals surface area contributed by atoms with E-state index in [1.54, 1.807) is 0 Å². The fraction of sp³-hybridized carbons (Fsp3) is 0.500. The first kappa shape index (κ1) is 16.1. The molecule has 0 spiro atoms. The molecule has 6 nitrogen and oxygen atoms in total. The second-order valence-corrected chi connectivity index (χ2v) is 5.02. The van der Waals surface area contributed by atoms with Gasteiger partial charge in [0.2, 0.25) is 0 Å². The number of aliphatic hydroxyl groups is 1. The monoisotopic (exact) mass is 281 g/mol. The Morgan fingerprint density at radius 2 is 1.70 bits per heavy atom.